The fourth-order valence-electron chi connectivity index (χ4n) is 1.67. The van der Waals surface area contributed by atoms with Crippen molar-refractivity contribution >= 4 is 22.9 Å². The molecule has 18 heavy (non-hydrogen) atoms. The van der Waals surface area contributed by atoms with E-state index in [0.717, 1.165) is 6.42 Å². The van der Waals surface area contributed by atoms with Gasteiger partial charge in [-0.3, -0.25) is 0 Å². The zero-order valence-corrected chi connectivity index (χ0v) is 11.7. The van der Waals surface area contributed by atoms with Gasteiger partial charge in [-0.1, -0.05) is 24.6 Å². The highest BCUT2D eigenvalue weighted by atomic mass is 35.5. The predicted molar refractivity (Wildman–Crippen MR) is 75.4 cm³/mol. The standard InChI is InChI=1S/C14H15ClO2S/c1-2-10-6-7-11(18-10)9-17-14-5-3-4-13(15)12(14)8-16/h3-7,16H,2,8-9H2,1H3. The molecule has 0 aliphatic heterocycles. The lowest BCUT2D eigenvalue weighted by Gasteiger charge is -2.10. The summed E-state index contributed by atoms with van der Waals surface area (Å²) in [6.07, 6.45) is 1.05. The van der Waals surface area contributed by atoms with Crippen molar-refractivity contribution < 1.29 is 9.84 Å². The number of hydrogen-bond acceptors (Lipinski definition) is 3. The Balaban J connectivity index is 2.08. The van der Waals surface area contributed by atoms with Crippen LogP contribution in [0.25, 0.3) is 0 Å². The summed E-state index contributed by atoms with van der Waals surface area (Å²) < 4.78 is 5.72. The van der Waals surface area contributed by atoms with Crippen molar-refractivity contribution in [3.63, 3.8) is 0 Å². The van der Waals surface area contributed by atoms with E-state index in [0.29, 0.717) is 22.9 Å². The molecule has 0 unspecified atom stereocenters. The minimum atomic E-state index is -0.111. The maximum absolute atomic E-state index is 9.28. The Morgan fingerprint density at radius 3 is 2.67 bits per heavy atom. The van der Waals surface area contributed by atoms with Crippen LogP contribution in [0.15, 0.2) is 30.3 Å². The van der Waals surface area contributed by atoms with Crippen LogP contribution in [0, 0.1) is 0 Å². The van der Waals surface area contributed by atoms with Gasteiger partial charge in [-0.25, -0.2) is 0 Å². The summed E-state index contributed by atoms with van der Waals surface area (Å²) in [6.45, 7) is 2.54. The fraction of sp³-hybridized carbons (Fsp3) is 0.286. The maximum atomic E-state index is 9.28. The monoisotopic (exact) mass is 282 g/mol. The van der Waals surface area contributed by atoms with Crippen LogP contribution in [0.1, 0.15) is 22.2 Å². The molecule has 0 amide bonds. The van der Waals surface area contributed by atoms with E-state index in [1.54, 1.807) is 17.4 Å². The normalized spacial score (nSPS) is 10.6. The van der Waals surface area contributed by atoms with Gasteiger partial charge in [0.2, 0.25) is 0 Å². The molecule has 0 aliphatic rings. The number of aliphatic hydroxyl groups is 1. The Labute approximate surface area is 116 Å². The van der Waals surface area contributed by atoms with Gasteiger partial charge in [-0.15, -0.1) is 11.3 Å². The lowest BCUT2D eigenvalue weighted by atomic mass is 10.2. The molecular weight excluding hydrogens is 268 g/mol. The second-order valence-corrected chi connectivity index (χ2v) is 5.54. The van der Waals surface area contributed by atoms with Crippen molar-refractivity contribution in [2.45, 2.75) is 26.6 Å². The number of aryl methyl sites for hydroxylation is 1. The van der Waals surface area contributed by atoms with Gasteiger partial charge >= 0.3 is 0 Å². The molecule has 0 fully saturated rings. The first-order chi connectivity index (χ1) is 8.74. The first-order valence-electron chi connectivity index (χ1n) is 5.83. The summed E-state index contributed by atoms with van der Waals surface area (Å²) in [6, 6.07) is 9.59. The van der Waals surface area contributed by atoms with Crippen LogP contribution in [0.3, 0.4) is 0 Å². The molecular formula is C14H15ClO2S. The summed E-state index contributed by atoms with van der Waals surface area (Å²) in [5.74, 6) is 0.649. The van der Waals surface area contributed by atoms with E-state index in [9.17, 15) is 5.11 Å². The number of ether oxygens (including phenoxy) is 1. The van der Waals surface area contributed by atoms with Gasteiger partial charge in [0.25, 0.3) is 0 Å². The average molecular weight is 283 g/mol. The number of halogens is 1. The Bertz CT molecular complexity index is 522. The van der Waals surface area contributed by atoms with E-state index in [1.807, 2.05) is 12.1 Å². The van der Waals surface area contributed by atoms with Crippen molar-refractivity contribution in [2.75, 3.05) is 0 Å². The van der Waals surface area contributed by atoms with Crippen LogP contribution in [-0.2, 0) is 19.6 Å². The molecule has 4 heteroatoms. The van der Waals surface area contributed by atoms with E-state index in [4.69, 9.17) is 16.3 Å². The van der Waals surface area contributed by atoms with Crippen LogP contribution in [-0.4, -0.2) is 5.11 Å². The van der Waals surface area contributed by atoms with Crippen molar-refractivity contribution in [1.82, 2.24) is 0 Å². The summed E-state index contributed by atoms with van der Waals surface area (Å²) >= 11 is 7.75. The smallest absolute Gasteiger partial charge is 0.126 e. The topological polar surface area (TPSA) is 29.5 Å². The van der Waals surface area contributed by atoms with Crippen molar-refractivity contribution in [3.05, 3.63) is 50.7 Å². The number of hydrogen-bond donors (Lipinski definition) is 1. The molecule has 1 N–H and O–H groups in total. The molecule has 2 rings (SSSR count). The molecule has 0 saturated carbocycles. The predicted octanol–water partition coefficient (Wildman–Crippen LogP) is 4.04. The van der Waals surface area contributed by atoms with Gasteiger partial charge in [0.05, 0.1) is 6.61 Å². The molecule has 0 aliphatic carbocycles. The lowest BCUT2D eigenvalue weighted by molar-refractivity contribution is 0.260. The quantitative estimate of drug-likeness (QED) is 0.897. The van der Waals surface area contributed by atoms with Crippen molar-refractivity contribution in [2.24, 2.45) is 0 Å². The molecule has 1 heterocycles. The second-order valence-electron chi connectivity index (χ2n) is 3.88. The van der Waals surface area contributed by atoms with Gasteiger partial charge in [0.15, 0.2) is 0 Å². The number of rotatable bonds is 5. The van der Waals surface area contributed by atoms with E-state index >= 15 is 0 Å². The molecule has 2 nitrogen and oxygen atoms in total. The largest absolute Gasteiger partial charge is 0.488 e. The summed E-state index contributed by atoms with van der Waals surface area (Å²) in [4.78, 5) is 2.53. The van der Waals surface area contributed by atoms with Crippen LogP contribution < -0.4 is 4.74 Å². The van der Waals surface area contributed by atoms with Gasteiger partial charge in [0.1, 0.15) is 12.4 Å². The van der Waals surface area contributed by atoms with Gasteiger partial charge in [-0.2, -0.15) is 0 Å². The molecule has 0 radical (unpaired) electrons. The maximum Gasteiger partial charge on any atom is 0.126 e. The number of thiophene rings is 1. The van der Waals surface area contributed by atoms with E-state index in [2.05, 4.69) is 19.1 Å². The van der Waals surface area contributed by atoms with Gasteiger partial charge < -0.3 is 9.84 Å². The van der Waals surface area contributed by atoms with Crippen molar-refractivity contribution in [1.29, 1.82) is 0 Å². The third-order valence-electron chi connectivity index (χ3n) is 2.67. The van der Waals surface area contributed by atoms with Gasteiger partial charge in [-0.05, 0) is 30.7 Å². The molecule has 1 aromatic carbocycles. The minimum Gasteiger partial charge on any atom is -0.488 e. The highest BCUT2D eigenvalue weighted by Gasteiger charge is 2.07. The highest BCUT2D eigenvalue weighted by Crippen LogP contribution is 2.27. The second kappa shape index (κ2) is 6.23. The zero-order valence-electron chi connectivity index (χ0n) is 10.1. The Hall–Kier alpha value is -1.03. The van der Waals surface area contributed by atoms with Crippen LogP contribution >= 0.6 is 22.9 Å². The Morgan fingerprint density at radius 1 is 1.22 bits per heavy atom. The van der Waals surface area contributed by atoms with E-state index in [1.165, 1.54) is 9.75 Å². The first-order valence-corrected chi connectivity index (χ1v) is 7.02. The fourth-order valence-corrected chi connectivity index (χ4v) is 2.76. The summed E-state index contributed by atoms with van der Waals surface area (Å²) in [5.41, 5.74) is 0.645. The summed E-state index contributed by atoms with van der Waals surface area (Å²) in [5, 5.41) is 9.81. The number of benzene rings is 1. The molecule has 0 spiro atoms. The van der Waals surface area contributed by atoms with Crippen LogP contribution in [0.4, 0.5) is 0 Å². The van der Waals surface area contributed by atoms with Crippen LogP contribution in [0.5, 0.6) is 5.75 Å². The lowest BCUT2D eigenvalue weighted by Crippen LogP contribution is -1.97. The van der Waals surface area contributed by atoms with E-state index in [-0.39, 0.29) is 6.61 Å². The highest BCUT2D eigenvalue weighted by molar-refractivity contribution is 7.11. The Morgan fingerprint density at radius 2 is 2.00 bits per heavy atom. The average Bonchev–Trinajstić information content (AvgIpc) is 2.84. The molecule has 0 bridgehead atoms. The van der Waals surface area contributed by atoms with Crippen molar-refractivity contribution in [3.8, 4) is 5.75 Å². The molecule has 2 aromatic rings. The van der Waals surface area contributed by atoms with Gasteiger partial charge in [0, 0.05) is 20.3 Å². The number of aliphatic hydroxyl groups excluding tert-OH is 1. The molecule has 0 saturated heterocycles. The summed E-state index contributed by atoms with van der Waals surface area (Å²) in [7, 11) is 0. The zero-order chi connectivity index (χ0) is 13.0. The molecule has 0 atom stereocenters. The van der Waals surface area contributed by atoms with E-state index < -0.39 is 0 Å². The minimum absolute atomic E-state index is 0.111. The third-order valence-corrected chi connectivity index (χ3v) is 4.23. The van der Waals surface area contributed by atoms with Crippen LogP contribution in [0.2, 0.25) is 5.02 Å². The SMILES string of the molecule is CCc1ccc(COc2cccc(Cl)c2CO)s1. The molecule has 96 valence electrons. The first kappa shape index (κ1) is 13.4. The molecule has 1 aromatic heterocycles. The Kier molecular flexibility index (Phi) is 4.64. The third kappa shape index (κ3) is 3.05.